The maximum atomic E-state index is 10.8. The minimum absolute atomic E-state index is 0.0584. The Kier molecular flexibility index (Phi) is 4.27. The van der Waals surface area contributed by atoms with Crippen molar-refractivity contribution in [3.63, 3.8) is 0 Å². The van der Waals surface area contributed by atoms with Crippen LogP contribution < -0.4 is 11.2 Å². The lowest BCUT2D eigenvalue weighted by Gasteiger charge is -1.99. The molecule has 0 amide bonds. The van der Waals surface area contributed by atoms with Crippen LogP contribution in [0.4, 0.5) is 16.6 Å². The Morgan fingerprint density at radius 1 is 1.58 bits per heavy atom. The number of aromatic nitrogens is 1. The van der Waals surface area contributed by atoms with E-state index in [1.54, 1.807) is 17.5 Å². The summed E-state index contributed by atoms with van der Waals surface area (Å²) in [7, 11) is 0. The average molecular weight is 389 g/mol. The number of nitro groups is 1. The molecule has 0 aliphatic carbocycles. The van der Waals surface area contributed by atoms with Gasteiger partial charge in [-0.15, -0.1) is 11.3 Å². The SMILES string of the molecule is Nc1csc(NN=Cc2cccc([N+](=O)[O-])c2I)n1. The normalized spacial score (nSPS) is 10.8. The molecule has 0 radical (unpaired) electrons. The summed E-state index contributed by atoms with van der Waals surface area (Å²) < 4.78 is 0.536. The molecular weight excluding hydrogens is 381 g/mol. The number of hydrogen-bond acceptors (Lipinski definition) is 7. The molecule has 2 rings (SSSR count). The van der Waals surface area contributed by atoms with Crippen LogP contribution in [-0.2, 0) is 0 Å². The Balaban J connectivity index is 2.15. The van der Waals surface area contributed by atoms with E-state index in [9.17, 15) is 10.1 Å². The van der Waals surface area contributed by atoms with Gasteiger partial charge in [-0.1, -0.05) is 12.1 Å². The first-order chi connectivity index (χ1) is 9.08. The van der Waals surface area contributed by atoms with E-state index in [0.29, 0.717) is 20.1 Å². The second-order valence-corrected chi connectivity index (χ2v) is 5.32. The molecule has 0 saturated heterocycles. The smallest absolute Gasteiger partial charge is 0.283 e. The van der Waals surface area contributed by atoms with Crippen LogP contribution in [0.25, 0.3) is 0 Å². The number of benzene rings is 1. The number of thiazole rings is 1. The Morgan fingerprint density at radius 3 is 3.00 bits per heavy atom. The van der Waals surface area contributed by atoms with Gasteiger partial charge >= 0.3 is 0 Å². The van der Waals surface area contributed by atoms with Crippen molar-refractivity contribution in [3.05, 3.63) is 42.8 Å². The number of hydrazone groups is 1. The number of nitrogen functional groups attached to an aromatic ring is 1. The highest BCUT2D eigenvalue weighted by atomic mass is 127. The van der Waals surface area contributed by atoms with Gasteiger partial charge in [-0.3, -0.25) is 15.5 Å². The molecular formula is C10H8IN5O2S. The first kappa shape index (κ1) is 13.7. The van der Waals surface area contributed by atoms with E-state index in [0.717, 1.165) is 0 Å². The number of anilines is 2. The maximum absolute atomic E-state index is 10.8. The zero-order chi connectivity index (χ0) is 13.8. The molecule has 0 spiro atoms. The Hall–Kier alpha value is -1.75. The summed E-state index contributed by atoms with van der Waals surface area (Å²) >= 11 is 3.25. The second-order valence-electron chi connectivity index (χ2n) is 3.38. The van der Waals surface area contributed by atoms with E-state index in [1.807, 2.05) is 22.6 Å². The van der Waals surface area contributed by atoms with E-state index in [2.05, 4.69) is 15.5 Å². The fraction of sp³-hybridized carbons (Fsp3) is 0. The number of hydrogen-bond donors (Lipinski definition) is 2. The lowest BCUT2D eigenvalue weighted by atomic mass is 10.2. The van der Waals surface area contributed by atoms with Gasteiger partial charge in [-0.05, 0) is 22.6 Å². The van der Waals surface area contributed by atoms with Crippen LogP contribution in [0.2, 0.25) is 0 Å². The van der Waals surface area contributed by atoms with Gasteiger partial charge < -0.3 is 5.73 Å². The molecule has 9 heteroatoms. The number of rotatable bonds is 4. The molecule has 1 aromatic carbocycles. The van der Waals surface area contributed by atoms with Gasteiger partial charge in [0.2, 0.25) is 5.13 Å². The van der Waals surface area contributed by atoms with Crippen molar-refractivity contribution in [2.75, 3.05) is 11.2 Å². The topological polar surface area (TPSA) is 106 Å². The number of nitro benzene ring substituents is 1. The van der Waals surface area contributed by atoms with Gasteiger partial charge in [0.05, 0.1) is 14.7 Å². The summed E-state index contributed by atoms with van der Waals surface area (Å²) in [4.78, 5) is 14.3. The molecule has 0 unspecified atom stereocenters. The van der Waals surface area contributed by atoms with E-state index in [4.69, 9.17) is 5.73 Å². The van der Waals surface area contributed by atoms with Crippen LogP contribution in [0.15, 0.2) is 28.7 Å². The molecule has 7 nitrogen and oxygen atoms in total. The molecule has 2 aromatic rings. The lowest BCUT2D eigenvalue weighted by molar-refractivity contribution is -0.385. The minimum atomic E-state index is -0.423. The summed E-state index contributed by atoms with van der Waals surface area (Å²) in [5.41, 5.74) is 8.90. The van der Waals surface area contributed by atoms with Crippen LogP contribution in [0.3, 0.4) is 0 Å². The molecule has 0 saturated carbocycles. The fourth-order valence-corrected chi connectivity index (χ4v) is 2.52. The zero-order valence-electron chi connectivity index (χ0n) is 9.41. The molecule has 19 heavy (non-hydrogen) atoms. The summed E-state index contributed by atoms with van der Waals surface area (Å²) in [5.74, 6) is 0.424. The summed E-state index contributed by atoms with van der Waals surface area (Å²) in [5, 5.41) is 17.0. The minimum Gasteiger partial charge on any atom is -0.383 e. The quantitative estimate of drug-likeness (QED) is 0.362. The van der Waals surface area contributed by atoms with Gasteiger partial charge in [0.15, 0.2) is 0 Å². The van der Waals surface area contributed by atoms with E-state index in [-0.39, 0.29) is 5.69 Å². The molecule has 1 aromatic heterocycles. The van der Waals surface area contributed by atoms with Crippen molar-refractivity contribution in [2.45, 2.75) is 0 Å². The average Bonchev–Trinajstić information content (AvgIpc) is 2.77. The number of nitrogens with zero attached hydrogens (tertiary/aromatic N) is 3. The molecule has 3 N–H and O–H groups in total. The predicted octanol–water partition coefficient (Wildman–Crippen LogP) is 2.68. The number of nitrogens with one attached hydrogen (secondary N) is 1. The molecule has 0 fully saturated rings. The molecule has 98 valence electrons. The number of halogens is 1. The van der Waals surface area contributed by atoms with Crippen LogP contribution in [0.1, 0.15) is 5.56 Å². The Morgan fingerprint density at radius 2 is 2.37 bits per heavy atom. The maximum Gasteiger partial charge on any atom is 0.283 e. The van der Waals surface area contributed by atoms with Crippen LogP contribution in [0.5, 0.6) is 0 Å². The Labute approximate surface area is 125 Å². The van der Waals surface area contributed by atoms with Crippen LogP contribution in [0, 0.1) is 13.7 Å². The predicted molar refractivity (Wildman–Crippen MR) is 83.6 cm³/mol. The largest absolute Gasteiger partial charge is 0.383 e. The molecule has 1 heterocycles. The molecule has 0 aliphatic heterocycles. The second kappa shape index (κ2) is 5.93. The van der Waals surface area contributed by atoms with Crippen molar-refractivity contribution in [3.8, 4) is 0 Å². The molecule has 0 bridgehead atoms. The van der Waals surface area contributed by atoms with E-state index in [1.165, 1.54) is 23.6 Å². The summed E-state index contributed by atoms with van der Waals surface area (Å²) in [6.45, 7) is 0. The lowest BCUT2D eigenvalue weighted by Crippen LogP contribution is -1.97. The van der Waals surface area contributed by atoms with Gasteiger partial charge in [0.1, 0.15) is 5.82 Å². The zero-order valence-corrected chi connectivity index (χ0v) is 12.4. The van der Waals surface area contributed by atoms with E-state index < -0.39 is 4.92 Å². The van der Waals surface area contributed by atoms with Crippen molar-refractivity contribution in [2.24, 2.45) is 5.10 Å². The molecule has 0 aliphatic rings. The summed E-state index contributed by atoms with van der Waals surface area (Å²) in [6, 6.07) is 4.81. The molecule has 0 atom stereocenters. The third-order valence-electron chi connectivity index (χ3n) is 2.09. The van der Waals surface area contributed by atoms with Gasteiger partial charge in [0.25, 0.3) is 5.69 Å². The van der Waals surface area contributed by atoms with Crippen molar-refractivity contribution >= 4 is 56.8 Å². The highest BCUT2D eigenvalue weighted by Crippen LogP contribution is 2.23. The first-order valence-electron chi connectivity index (χ1n) is 5.01. The van der Waals surface area contributed by atoms with Crippen LogP contribution >= 0.6 is 33.9 Å². The standard InChI is InChI=1S/C10H8IN5O2S/c11-9-6(2-1-3-7(9)16(17)18)4-13-15-10-14-8(12)5-19-10/h1-5H,12H2,(H,14,15). The Bertz CT molecular complexity index is 643. The highest BCUT2D eigenvalue weighted by molar-refractivity contribution is 14.1. The monoisotopic (exact) mass is 389 g/mol. The van der Waals surface area contributed by atoms with Crippen molar-refractivity contribution < 1.29 is 4.92 Å². The van der Waals surface area contributed by atoms with Gasteiger partial charge in [0, 0.05) is 17.0 Å². The van der Waals surface area contributed by atoms with Gasteiger partial charge in [-0.2, -0.15) is 5.10 Å². The van der Waals surface area contributed by atoms with Gasteiger partial charge in [-0.25, -0.2) is 4.98 Å². The third-order valence-corrected chi connectivity index (χ3v) is 4.03. The highest BCUT2D eigenvalue weighted by Gasteiger charge is 2.13. The number of nitrogens with two attached hydrogens (primary N) is 1. The van der Waals surface area contributed by atoms with Crippen molar-refractivity contribution in [1.29, 1.82) is 0 Å². The van der Waals surface area contributed by atoms with E-state index >= 15 is 0 Å². The fourth-order valence-electron chi connectivity index (χ4n) is 1.27. The van der Waals surface area contributed by atoms with Crippen LogP contribution in [-0.4, -0.2) is 16.1 Å². The summed E-state index contributed by atoms with van der Waals surface area (Å²) in [6.07, 6.45) is 1.51. The van der Waals surface area contributed by atoms with Crippen molar-refractivity contribution in [1.82, 2.24) is 4.98 Å². The first-order valence-corrected chi connectivity index (χ1v) is 6.97. The third kappa shape index (κ3) is 3.38.